The number of nitrogens with two attached hydrogens (primary N) is 1. The molecule has 19 atom stereocenters. The van der Waals surface area contributed by atoms with Gasteiger partial charge in [0.05, 0.1) is 83.4 Å². The van der Waals surface area contributed by atoms with E-state index in [2.05, 4.69) is 12.2 Å². The van der Waals surface area contributed by atoms with Crippen LogP contribution < -0.4 is 11.1 Å². The summed E-state index contributed by atoms with van der Waals surface area (Å²) in [5.74, 6) is -1.87. The molecule has 0 aromatic carbocycles. The van der Waals surface area contributed by atoms with Gasteiger partial charge in [0.15, 0.2) is 6.29 Å². The fourth-order valence-corrected chi connectivity index (χ4v) is 6.07. The lowest BCUT2D eigenvalue weighted by molar-refractivity contribution is -0.282. The van der Waals surface area contributed by atoms with E-state index in [-0.39, 0.29) is 33.0 Å². The van der Waals surface area contributed by atoms with Crippen molar-refractivity contribution < 1.29 is 105 Å². The minimum absolute atomic E-state index is 0.0936. The number of nitrogens with one attached hydrogen (secondary N) is 1. The lowest BCUT2D eigenvalue weighted by atomic mass is 9.90. The molecule has 3 fully saturated rings. The molecule has 0 aromatic heterocycles. The van der Waals surface area contributed by atoms with Gasteiger partial charge in [-0.15, -0.1) is 0 Å². The first-order chi connectivity index (χ1) is 27.0. The van der Waals surface area contributed by atoms with E-state index in [1.165, 1.54) is 0 Å². The van der Waals surface area contributed by atoms with Gasteiger partial charge in [0, 0.05) is 18.4 Å². The van der Waals surface area contributed by atoms with Gasteiger partial charge in [0.1, 0.15) is 67.1 Å². The van der Waals surface area contributed by atoms with Crippen molar-refractivity contribution in [1.82, 2.24) is 5.32 Å². The van der Waals surface area contributed by atoms with Gasteiger partial charge < -0.3 is 116 Å². The van der Waals surface area contributed by atoms with Crippen molar-refractivity contribution in [3.8, 4) is 0 Å². The summed E-state index contributed by atoms with van der Waals surface area (Å²) < 4.78 is 26.3. The highest BCUT2D eigenvalue weighted by atomic mass is 16.6. The van der Waals surface area contributed by atoms with Crippen molar-refractivity contribution in [2.45, 2.75) is 131 Å². The van der Waals surface area contributed by atoms with Gasteiger partial charge in [0.2, 0.25) is 0 Å². The van der Waals surface area contributed by atoms with Crippen molar-refractivity contribution >= 4 is 0 Å². The minimum atomic E-state index is -1.63. The van der Waals surface area contributed by atoms with Gasteiger partial charge >= 0.3 is 0 Å². The van der Waals surface area contributed by atoms with Crippen LogP contribution in [0.1, 0.15) is 26.7 Å². The average Bonchev–Trinajstić information content (AvgIpc) is 3.21. The van der Waals surface area contributed by atoms with E-state index in [9.17, 15) is 76.6 Å². The topological polar surface area (TPSA) is 408 Å². The van der Waals surface area contributed by atoms with Crippen LogP contribution in [-0.4, -0.2) is 258 Å². The number of ether oxygens (including phenoxy) is 5. The lowest BCUT2D eigenvalue weighted by Crippen LogP contribution is -2.60. The quantitative estimate of drug-likeness (QED) is 0.0506. The Morgan fingerprint density at radius 2 is 1.04 bits per heavy atom. The Hall–Kier alpha value is -0.920. The van der Waals surface area contributed by atoms with Crippen LogP contribution in [0.15, 0.2) is 0 Å². The Kier molecular flexibility index (Phi) is 27.1. The van der Waals surface area contributed by atoms with E-state index >= 15 is 0 Å². The third kappa shape index (κ3) is 16.5. The summed E-state index contributed by atoms with van der Waals surface area (Å²) >= 11 is 0. The zero-order chi connectivity index (χ0) is 43.4. The fourth-order valence-electron chi connectivity index (χ4n) is 6.07. The van der Waals surface area contributed by atoms with Gasteiger partial charge in [-0.1, -0.05) is 13.8 Å². The number of hydrogen-bond donors (Lipinski definition) is 18. The first-order valence-electron chi connectivity index (χ1n) is 19.1. The van der Waals surface area contributed by atoms with Crippen LogP contribution in [0.5, 0.6) is 0 Å². The molecule has 0 aromatic rings. The number of aliphatic hydroxyl groups is 16. The summed E-state index contributed by atoms with van der Waals surface area (Å²) in [4.78, 5) is 0. The van der Waals surface area contributed by atoms with E-state index in [0.717, 1.165) is 19.4 Å². The zero-order valence-electron chi connectivity index (χ0n) is 32.4. The molecule has 0 bridgehead atoms. The molecule has 342 valence electrons. The Morgan fingerprint density at radius 1 is 0.561 bits per heavy atom. The molecule has 0 saturated carbocycles. The largest absolute Gasteiger partial charge is 0.394 e. The van der Waals surface area contributed by atoms with Crippen LogP contribution in [0.25, 0.3) is 0 Å². The van der Waals surface area contributed by atoms with E-state index in [1.54, 1.807) is 0 Å². The van der Waals surface area contributed by atoms with Crippen molar-refractivity contribution in [2.24, 2.45) is 17.6 Å². The summed E-state index contributed by atoms with van der Waals surface area (Å²) in [5, 5.41) is 158. The zero-order valence-corrected chi connectivity index (χ0v) is 32.4. The molecular weight excluding hydrogens is 772 g/mol. The monoisotopic (exact) mass is 842 g/mol. The number of hydrogen-bond acceptors (Lipinski definition) is 23. The molecule has 0 aliphatic carbocycles. The maximum absolute atomic E-state index is 10.3. The van der Waals surface area contributed by atoms with Gasteiger partial charge in [-0.25, -0.2) is 0 Å². The van der Waals surface area contributed by atoms with Crippen molar-refractivity contribution in [2.75, 3.05) is 72.5 Å². The van der Waals surface area contributed by atoms with Gasteiger partial charge in [-0.3, -0.25) is 0 Å². The van der Waals surface area contributed by atoms with Crippen LogP contribution in [0.2, 0.25) is 0 Å². The third-order valence-electron chi connectivity index (χ3n) is 9.80. The molecule has 3 heterocycles. The molecule has 23 nitrogen and oxygen atoms in total. The van der Waals surface area contributed by atoms with E-state index in [0.29, 0.717) is 6.54 Å². The molecular formula is C34H70N2O21. The van der Waals surface area contributed by atoms with Crippen molar-refractivity contribution in [1.29, 1.82) is 0 Å². The molecule has 57 heavy (non-hydrogen) atoms. The number of aliphatic hydroxyl groups excluding tert-OH is 16. The molecule has 19 N–H and O–H groups in total. The SMILES string of the molecule is CCCN.CCCNC[C@H](O)[C@@H](O)[C@H](COC[C@H]1O[C@H](CO)[C@@H](O)[C@H](O)[C@H]1O)[C@H](O)CO.OC[C@H]1O[C@H](COC[C@H]2[C@H](O)[C@@H](O)[C@H](O)O[C@@H]2CO)[C@H](O)[C@@H](O)[C@@H]1O. The Morgan fingerprint density at radius 3 is 1.47 bits per heavy atom. The predicted molar refractivity (Wildman–Crippen MR) is 194 cm³/mol. The van der Waals surface area contributed by atoms with Crippen LogP contribution in [0.4, 0.5) is 0 Å². The first kappa shape index (κ1) is 54.1. The van der Waals surface area contributed by atoms with Crippen molar-refractivity contribution in [3.05, 3.63) is 0 Å². The van der Waals surface area contributed by atoms with Gasteiger partial charge in [-0.05, 0) is 25.9 Å². The Labute approximate surface area is 331 Å². The summed E-state index contributed by atoms with van der Waals surface area (Å²) in [6, 6.07) is 0. The summed E-state index contributed by atoms with van der Waals surface area (Å²) in [7, 11) is 0. The minimum Gasteiger partial charge on any atom is -0.394 e. The second-order valence-electron chi connectivity index (χ2n) is 14.2. The third-order valence-corrected chi connectivity index (χ3v) is 9.80. The van der Waals surface area contributed by atoms with Gasteiger partial charge in [0.25, 0.3) is 0 Å². The lowest BCUT2D eigenvalue weighted by Gasteiger charge is -2.41. The first-order valence-corrected chi connectivity index (χ1v) is 19.1. The standard InChI is InChI=1S/C17H35NO10.C14H26O11.C3H9N/c1-2-3-18-4-10(21)14(23)9(11(22)5-19)7-27-8-13-16(25)17(26)15(24)12(6-20)28-13;15-1-6-5(9(17)13(21)14(22)25-6)3-23-4-8-11(19)12(20)10(18)7(2-16)24-8;1-2-3-4/h9-26H,2-8H2,1H3;5-22H,1-4H2;2-4H2,1H3/t9-,10+,11-,12-,13-,14+,15-,16+,17+;5-,6-,7-,8-,9+,10-,11+,12+,13-,14-;/m11./s1. The Balaban J connectivity index is 0.000000523. The Bertz CT molecular complexity index is 1010. The molecule has 3 rings (SSSR count). The van der Waals surface area contributed by atoms with Crippen LogP contribution in [-0.2, 0) is 23.7 Å². The predicted octanol–water partition coefficient (Wildman–Crippen LogP) is -9.22. The van der Waals surface area contributed by atoms with E-state index < -0.39 is 142 Å². The smallest absolute Gasteiger partial charge is 0.183 e. The molecule has 3 saturated heterocycles. The summed E-state index contributed by atoms with van der Waals surface area (Å²) in [6.45, 7) is 2.26. The van der Waals surface area contributed by atoms with E-state index in [4.69, 9.17) is 34.5 Å². The molecule has 0 radical (unpaired) electrons. The summed E-state index contributed by atoms with van der Waals surface area (Å²) in [5.41, 5.74) is 5.03. The van der Waals surface area contributed by atoms with Crippen LogP contribution >= 0.6 is 0 Å². The molecule has 23 heteroatoms. The summed E-state index contributed by atoms with van der Waals surface area (Å²) in [6.07, 6.45) is -20.7. The fraction of sp³-hybridized carbons (Fsp3) is 1.00. The molecule has 3 aliphatic rings. The van der Waals surface area contributed by atoms with Crippen molar-refractivity contribution in [3.63, 3.8) is 0 Å². The highest BCUT2D eigenvalue weighted by Gasteiger charge is 2.46. The maximum atomic E-state index is 10.3. The molecule has 0 amide bonds. The highest BCUT2D eigenvalue weighted by molar-refractivity contribution is 4.94. The number of rotatable bonds is 20. The molecule has 0 spiro atoms. The molecule has 0 unspecified atom stereocenters. The normalized spacial score (nSPS) is 37.8. The van der Waals surface area contributed by atoms with Gasteiger partial charge in [-0.2, -0.15) is 0 Å². The molecule has 3 aliphatic heterocycles. The average molecular weight is 843 g/mol. The van der Waals surface area contributed by atoms with Crippen LogP contribution in [0.3, 0.4) is 0 Å². The highest BCUT2D eigenvalue weighted by Crippen LogP contribution is 2.27. The van der Waals surface area contributed by atoms with Crippen LogP contribution in [0, 0.1) is 11.8 Å². The van der Waals surface area contributed by atoms with E-state index in [1.807, 2.05) is 6.92 Å². The second-order valence-corrected chi connectivity index (χ2v) is 14.2. The maximum Gasteiger partial charge on any atom is 0.183 e. The second kappa shape index (κ2) is 28.6.